The van der Waals surface area contributed by atoms with E-state index >= 15 is 0 Å². The molecule has 0 saturated carbocycles. The lowest BCUT2D eigenvalue weighted by molar-refractivity contribution is -0.154. The molecule has 0 spiro atoms. The van der Waals surface area contributed by atoms with Gasteiger partial charge in [-0.2, -0.15) is 0 Å². The summed E-state index contributed by atoms with van der Waals surface area (Å²) in [6, 6.07) is 0. The molecule has 0 aliphatic heterocycles. The van der Waals surface area contributed by atoms with Crippen LogP contribution in [0.2, 0.25) is 0 Å². The molecule has 0 heterocycles. The Hall–Kier alpha value is -0.130. The Kier molecular flexibility index (Phi) is 9.04. The fraction of sp³-hybridized carbons (Fsp3) is 0.900. The van der Waals surface area contributed by atoms with Crippen LogP contribution >= 0.6 is 15.9 Å². The van der Waals surface area contributed by atoms with E-state index in [1.54, 1.807) is 6.92 Å². The number of ether oxygens (including phenoxy) is 3. The van der Waals surface area contributed by atoms with Gasteiger partial charge in [-0.1, -0.05) is 15.9 Å². The molecule has 0 N–H and O–H groups in total. The fourth-order valence-corrected chi connectivity index (χ4v) is 1.49. The summed E-state index contributed by atoms with van der Waals surface area (Å²) in [4.78, 5) is 10.9. The van der Waals surface area contributed by atoms with Crippen LogP contribution in [0.5, 0.6) is 0 Å². The zero-order chi connectivity index (χ0) is 11.7. The zero-order valence-electron chi connectivity index (χ0n) is 9.49. The summed E-state index contributed by atoms with van der Waals surface area (Å²) in [7, 11) is 0. The van der Waals surface area contributed by atoms with E-state index in [9.17, 15) is 4.79 Å². The molecule has 0 aliphatic rings. The molecule has 0 aromatic carbocycles. The number of carbonyl (C=O) groups excluding carboxylic acids is 1. The predicted molar refractivity (Wildman–Crippen MR) is 61.0 cm³/mol. The second-order valence-corrected chi connectivity index (χ2v) is 3.90. The van der Waals surface area contributed by atoms with Crippen LogP contribution in [-0.4, -0.2) is 36.9 Å². The van der Waals surface area contributed by atoms with Crippen molar-refractivity contribution >= 4 is 21.9 Å². The van der Waals surface area contributed by atoms with Crippen molar-refractivity contribution in [3.8, 4) is 0 Å². The second kappa shape index (κ2) is 9.12. The quantitative estimate of drug-likeness (QED) is 0.389. The molecule has 15 heavy (non-hydrogen) atoms. The molecule has 0 fully saturated rings. The highest BCUT2D eigenvalue weighted by Crippen LogP contribution is 2.13. The summed E-state index contributed by atoms with van der Waals surface area (Å²) in [5.41, 5.74) is 0. The van der Waals surface area contributed by atoms with Gasteiger partial charge in [0.25, 0.3) is 0 Å². The molecule has 1 atom stereocenters. The van der Waals surface area contributed by atoms with Crippen molar-refractivity contribution in [1.29, 1.82) is 0 Å². The molecule has 1 unspecified atom stereocenters. The molecule has 5 heteroatoms. The summed E-state index contributed by atoms with van der Waals surface area (Å²) in [5, 5.41) is 0. The topological polar surface area (TPSA) is 44.8 Å². The van der Waals surface area contributed by atoms with E-state index in [-0.39, 0.29) is 17.1 Å². The van der Waals surface area contributed by atoms with Crippen molar-refractivity contribution < 1.29 is 19.0 Å². The number of carbonyl (C=O) groups is 1. The molecule has 4 nitrogen and oxygen atoms in total. The maximum atomic E-state index is 11.3. The fourth-order valence-electron chi connectivity index (χ4n) is 1.05. The largest absolute Gasteiger partial charge is 0.465 e. The maximum absolute atomic E-state index is 11.3. The molecular weight excluding hydrogens is 264 g/mol. The van der Waals surface area contributed by atoms with Gasteiger partial charge >= 0.3 is 5.97 Å². The summed E-state index contributed by atoms with van der Waals surface area (Å²) in [6.07, 6.45) is 0.106. The average molecular weight is 283 g/mol. The maximum Gasteiger partial charge on any atom is 0.319 e. The van der Waals surface area contributed by atoms with Gasteiger partial charge in [0.05, 0.1) is 6.61 Å². The minimum Gasteiger partial charge on any atom is -0.465 e. The van der Waals surface area contributed by atoms with Crippen LogP contribution in [0.1, 0.15) is 27.2 Å². The first-order valence-corrected chi connectivity index (χ1v) is 6.11. The van der Waals surface area contributed by atoms with Gasteiger partial charge in [0.15, 0.2) is 6.29 Å². The van der Waals surface area contributed by atoms with Gasteiger partial charge in [-0.25, -0.2) is 0 Å². The molecular formula is C10H19BrO4. The third-order valence-electron chi connectivity index (χ3n) is 1.65. The SMILES string of the molecule is CCOC(=O)C(Br)CC(OCC)OCC. The third-order valence-corrected chi connectivity index (χ3v) is 2.39. The Morgan fingerprint density at radius 3 is 2.07 bits per heavy atom. The molecule has 0 radical (unpaired) electrons. The van der Waals surface area contributed by atoms with Crippen molar-refractivity contribution in [1.82, 2.24) is 0 Å². The lowest BCUT2D eigenvalue weighted by Crippen LogP contribution is -2.27. The number of halogens is 1. The average Bonchev–Trinajstić information content (AvgIpc) is 2.18. The van der Waals surface area contributed by atoms with E-state index in [0.717, 1.165) is 0 Å². The van der Waals surface area contributed by atoms with E-state index in [2.05, 4.69) is 15.9 Å². The molecule has 0 amide bonds. The van der Waals surface area contributed by atoms with E-state index in [1.165, 1.54) is 0 Å². The van der Waals surface area contributed by atoms with Crippen LogP contribution in [0.4, 0.5) is 0 Å². The Balaban J connectivity index is 3.96. The van der Waals surface area contributed by atoms with Gasteiger partial charge in [-0.3, -0.25) is 4.79 Å². The normalized spacial score (nSPS) is 12.9. The minimum absolute atomic E-state index is 0.276. The lowest BCUT2D eigenvalue weighted by Gasteiger charge is -2.18. The number of hydrogen-bond acceptors (Lipinski definition) is 4. The molecule has 0 aliphatic carbocycles. The van der Waals surface area contributed by atoms with Gasteiger partial charge < -0.3 is 14.2 Å². The zero-order valence-corrected chi connectivity index (χ0v) is 11.1. The molecule has 0 aromatic rings. The second-order valence-electron chi connectivity index (χ2n) is 2.80. The summed E-state index contributed by atoms with van der Waals surface area (Å²) >= 11 is 3.25. The Morgan fingerprint density at radius 1 is 1.13 bits per heavy atom. The van der Waals surface area contributed by atoms with E-state index in [0.29, 0.717) is 26.2 Å². The van der Waals surface area contributed by atoms with Gasteiger partial charge in [0.2, 0.25) is 0 Å². The monoisotopic (exact) mass is 282 g/mol. The highest BCUT2D eigenvalue weighted by molar-refractivity contribution is 9.10. The Bertz CT molecular complexity index is 169. The van der Waals surface area contributed by atoms with Gasteiger partial charge in [-0.15, -0.1) is 0 Å². The number of alkyl halides is 1. The number of esters is 1. The number of rotatable bonds is 8. The first-order chi connectivity index (χ1) is 7.15. The summed E-state index contributed by atoms with van der Waals surface area (Å²) in [5.74, 6) is -0.276. The Morgan fingerprint density at radius 2 is 1.67 bits per heavy atom. The van der Waals surface area contributed by atoms with Crippen LogP contribution in [0.25, 0.3) is 0 Å². The molecule has 0 rings (SSSR count). The van der Waals surface area contributed by atoms with E-state index in [4.69, 9.17) is 14.2 Å². The molecule has 0 saturated heterocycles. The lowest BCUT2D eigenvalue weighted by atomic mass is 10.3. The summed E-state index contributed by atoms with van der Waals surface area (Å²) < 4.78 is 15.5. The van der Waals surface area contributed by atoms with Gasteiger partial charge in [0, 0.05) is 19.6 Å². The predicted octanol–water partition coefficient (Wildman–Crippen LogP) is 2.10. The highest BCUT2D eigenvalue weighted by atomic mass is 79.9. The highest BCUT2D eigenvalue weighted by Gasteiger charge is 2.21. The van der Waals surface area contributed by atoms with E-state index < -0.39 is 0 Å². The van der Waals surface area contributed by atoms with Crippen molar-refractivity contribution in [2.75, 3.05) is 19.8 Å². The van der Waals surface area contributed by atoms with Crippen LogP contribution in [0, 0.1) is 0 Å². The van der Waals surface area contributed by atoms with Gasteiger partial charge in [0.1, 0.15) is 4.83 Å². The van der Waals surface area contributed by atoms with Gasteiger partial charge in [-0.05, 0) is 20.8 Å². The Labute approximate surface area is 99.4 Å². The first kappa shape index (κ1) is 14.9. The molecule has 0 aromatic heterocycles. The van der Waals surface area contributed by atoms with Crippen molar-refractivity contribution in [3.05, 3.63) is 0 Å². The van der Waals surface area contributed by atoms with Crippen LogP contribution in [-0.2, 0) is 19.0 Å². The standard InChI is InChI=1S/C10H19BrO4/c1-4-13-9(14-5-2)7-8(11)10(12)15-6-3/h8-9H,4-7H2,1-3H3. The molecule has 90 valence electrons. The molecule has 0 bridgehead atoms. The third kappa shape index (κ3) is 6.87. The van der Waals surface area contributed by atoms with Crippen molar-refractivity contribution in [2.45, 2.75) is 38.3 Å². The number of hydrogen-bond donors (Lipinski definition) is 0. The van der Waals surface area contributed by atoms with Crippen LogP contribution in [0.3, 0.4) is 0 Å². The minimum atomic E-state index is -0.374. The van der Waals surface area contributed by atoms with E-state index in [1.807, 2.05) is 13.8 Å². The van der Waals surface area contributed by atoms with Crippen LogP contribution < -0.4 is 0 Å². The smallest absolute Gasteiger partial charge is 0.319 e. The van der Waals surface area contributed by atoms with Crippen molar-refractivity contribution in [2.24, 2.45) is 0 Å². The van der Waals surface area contributed by atoms with Crippen LogP contribution in [0.15, 0.2) is 0 Å². The first-order valence-electron chi connectivity index (χ1n) is 5.19. The summed E-state index contributed by atoms with van der Waals surface area (Å²) in [6.45, 7) is 7.06. The van der Waals surface area contributed by atoms with Crippen molar-refractivity contribution in [3.63, 3.8) is 0 Å².